The Morgan fingerprint density at radius 1 is 1.26 bits per heavy atom. The van der Waals surface area contributed by atoms with E-state index in [-0.39, 0.29) is 30.5 Å². The van der Waals surface area contributed by atoms with E-state index in [1.165, 1.54) is 0 Å². The third kappa shape index (κ3) is 2.27. The second kappa shape index (κ2) is 4.96. The van der Waals surface area contributed by atoms with Crippen molar-refractivity contribution in [2.45, 2.75) is 25.4 Å². The van der Waals surface area contributed by atoms with Gasteiger partial charge in [0.15, 0.2) is 0 Å². The molecule has 5 atom stereocenters. The van der Waals surface area contributed by atoms with Gasteiger partial charge in [0.2, 0.25) is 0 Å². The van der Waals surface area contributed by atoms with Crippen LogP contribution in [0.5, 0.6) is 0 Å². The molecule has 5 nitrogen and oxygen atoms in total. The van der Waals surface area contributed by atoms with Crippen LogP contribution in [-0.4, -0.2) is 36.4 Å². The number of fused-ring (bicyclic) bond motifs is 2. The summed E-state index contributed by atoms with van der Waals surface area (Å²) in [5.74, 6) is -2.39. The van der Waals surface area contributed by atoms with Gasteiger partial charge in [0.25, 0.3) is 0 Å². The first-order chi connectivity index (χ1) is 9.16. The van der Waals surface area contributed by atoms with Gasteiger partial charge < -0.3 is 14.6 Å². The first kappa shape index (κ1) is 12.7. The molecule has 2 fully saturated rings. The zero-order valence-electron chi connectivity index (χ0n) is 10.7. The van der Waals surface area contributed by atoms with Crippen molar-refractivity contribution in [2.75, 3.05) is 13.2 Å². The van der Waals surface area contributed by atoms with Crippen LogP contribution in [0.15, 0.2) is 12.2 Å². The number of esters is 1. The van der Waals surface area contributed by atoms with Gasteiger partial charge in [0, 0.05) is 6.61 Å². The highest BCUT2D eigenvalue weighted by atomic mass is 16.6. The monoisotopic (exact) mass is 266 g/mol. The number of carbonyl (C=O) groups excluding carboxylic acids is 1. The Hall–Kier alpha value is -1.36. The van der Waals surface area contributed by atoms with E-state index in [2.05, 4.69) is 0 Å². The zero-order chi connectivity index (χ0) is 13.4. The van der Waals surface area contributed by atoms with Crippen LogP contribution in [0.25, 0.3) is 0 Å². The molecular weight excluding hydrogens is 248 g/mol. The van der Waals surface area contributed by atoms with E-state index in [1.54, 1.807) is 0 Å². The van der Waals surface area contributed by atoms with E-state index in [0.29, 0.717) is 0 Å². The van der Waals surface area contributed by atoms with Crippen molar-refractivity contribution >= 4 is 11.9 Å². The van der Waals surface area contributed by atoms with Crippen molar-refractivity contribution in [3.63, 3.8) is 0 Å². The van der Waals surface area contributed by atoms with Crippen LogP contribution in [0.4, 0.5) is 0 Å². The minimum absolute atomic E-state index is 0.0113. The summed E-state index contributed by atoms with van der Waals surface area (Å²) in [6, 6.07) is 0. The Morgan fingerprint density at radius 2 is 2.00 bits per heavy atom. The molecule has 3 rings (SSSR count). The summed E-state index contributed by atoms with van der Waals surface area (Å²) in [6.07, 6.45) is 6.54. The Balaban J connectivity index is 1.62. The molecule has 0 aromatic carbocycles. The van der Waals surface area contributed by atoms with E-state index < -0.39 is 17.8 Å². The summed E-state index contributed by atoms with van der Waals surface area (Å²) in [7, 11) is 0. The molecule has 3 aliphatic rings. The highest BCUT2D eigenvalue weighted by molar-refractivity contribution is 5.83. The van der Waals surface area contributed by atoms with Gasteiger partial charge in [-0.3, -0.25) is 9.59 Å². The van der Waals surface area contributed by atoms with Crippen molar-refractivity contribution in [1.82, 2.24) is 0 Å². The number of carboxylic acids is 1. The largest absolute Gasteiger partial charge is 0.481 e. The average molecular weight is 266 g/mol. The van der Waals surface area contributed by atoms with Crippen LogP contribution in [-0.2, 0) is 19.1 Å². The number of aliphatic carboxylic acids is 1. The maximum atomic E-state index is 12.1. The van der Waals surface area contributed by atoms with E-state index in [0.717, 1.165) is 25.9 Å². The molecule has 5 heteroatoms. The predicted molar refractivity (Wildman–Crippen MR) is 65.3 cm³/mol. The number of ether oxygens (including phenoxy) is 2. The maximum Gasteiger partial charge on any atom is 0.310 e. The third-order valence-electron chi connectivity index (χ3n) is 4.45. The molecule has 2 bridgehead atoms. The molecule has 1 heterocycles. The molecule has 1 saturated heterocycles. The second-order valence-corrected chi connectivity index (χ2v) is 5.60. The van der Waals surface area contributed by atoms with Crippen LogP contribution < -0.4 is 0 Å². The number of hydrogen-bond donors (Lipinski definition) is 1. The van der Waals surface area contributed by atoms with Crippen molar-refractivity contribution in [2.24, 2.45) is 23.7 Å². The fourth-order valence-electron chi connectivity index (χ4n) is 3.53. The van der Waals surface area contributed by atoms with Crippen molar-refractivity contribution < 1.29 is 24.2 Å². The summed E-state index contributed by atoms with van der Waals surface area (Å²) in [4.78, 5) is 23.4. The minimum Gasteiger partial charge on any atom is -0.481 e. The third-order valence-corrected chi connectivity index (χ3v) is 4.45. The van der Waals surface area contributed by atoms with Gasteiger partial charge in [-0.25, -0.2) is 0 Å². The van der Waals surface area contributed by atoms with Crippen LogP contribution >= 0.6 is 0 Å². The van der Waals surface area contributed by atoms with E-state index >= 15 is 0 Å². The lowest BCUT2D eigenvalue weighted by molar-refractivity contribution is -0.160. The number of carboxylic acid groups (broad SMARTS) is 1. The number of hydrogen-bond acceptors (Lipinski definition) is 4. The molecule has 0 radical (unpaired) electrons. The average Bonchev–Trinajstić information content (AvgIpc) is 3.10. The van der Waals surface area contributed by atoms with Crippen LogP contribution in [0.2, 0.25) is 0 Å². The fourth-order valence-corrected chi connectivity index (χ4v) is 3.53. The lowest BCUT2D eigenvalue weighted by atomic mass is 9.83. The maximum absolute atomic E-state index is 12.1. The summed E-state index contributed by atoms with van der Waals surface area (Å²) >= 11 is 0. The normalized spacial score (nSPS) is 39.7. The van der Waals surface area contributed by atoms with Crippen LogP contribution in [0.1, 0.15) is 19.3 Å². The molecule has 0 amide bonds. The number of rotatable bonds is 4. The molecule has 104 valence electrons. The lowest BCUT2D eigenvalue weighted by Crippen LogP contribution is -2.35. The Kier molecular flexibility index (Phi) is 3.31. The van der Waals surface area contributed by atoms with Crippen molar-refractivity contribution in [3.8, 4) is 0 Å². The molecule has 19 heavy (non-hydrogen) atoms. The highest BCUT2D eigenvalue weighted by Gasteiger charge is 2.52. The van der Waals surface area contributed by atoms with Crippen molar-refractivity contribution in [1.29, 1.82) is 0 Å². The first-order valence-corrected chi connectivity index (χ1v) is 6.86. The molecular formula is C14H18O5. The van der Waals surface area contributed by atoms with Crippen molar-refractivity contribution in [3.05, 3.63) is 12.2 Å². The van der Waals surface area contributed by atoms with Crippen LogP contribution in [0.3, 0.4) is 0 Å². The first-order valence-electron chi connectivity index (χ1n) is 6.86. The van der Waals surface area contributed by atoms with Gasteiger partial charge in [0.1, 0.15) is 6.61 Å². The summed E-state index contributed by atoms with van der Waals surface area (Å²) in [5, 5.41) is 9.27. The SMILES string of the molecule is O=C(O)[C@@H]1[C@@H](C(=O)OC[C@@H]2CCCO2)[C@H]2C=C[C@H]1C2. The Morgan fingerprint density at radius 3 is 2.63 bits per heavy atom. The van der Waals surface area contributed by atoms with Gasteiger partial charge in [-0.1, -0.05) is 12.2 Å². The Labute approximate surface area is 111 Å². The van der Waals surface area contributed by atoms with E-state index in [1.807, 2.05) is 12.2 Å². The second-order valence-electron chi connectivity index (χ2n) is 5.60. The smallest absolute Gasteiger partial charge is 0.310 e. The molecule has 0 aromatic heterocycles. The van der Waals surface area contributed by atoms with Gasteiger partial charge in [-0.15, -0.1) is 0 Å². The predicted octanol–water partition coefficient (Wildman–Crippen LogP) is 1.23. The molecule has 0 aromatic rings. The molecule has 0 unspecified atom stereocenters. The number of allylic oxidation sites excluding steroid dienone is 2. The quantitative estimate of drug-likeness (QED) is 0.612. The minimum atomic E-state index is -0.893. The molecule has 1 N–H and O–H groups in total. The molecule has 0 spiro atoms. The molecule has 1 aliphatic heterocycles. The lowest BCUT2D eigenvalue weighted by Gasteiger charge is -2.23. The molecule has 1 saturated carbocycles. The topological polar surface area (TPSA) is 72.8 Å². The van der Waals surface area contributed by atoms with Gasteiger partial charge in [-0.2, -0.15) is 0 Å². The summed E-state index contributed by atoms with van der Waals surface area (Å²) in [6.45, 7) is 0.972. The number of carbonyl (C=O) groups is 2. The van der Waals surface area contributed by atoms with E-state index in [4.69, 9.17) is 9.47 Å². The van der Waals surface area contributed by atoms with E-state index in [9.17, 15) is 14.7 Å². The van der Waals surface area contributed by atoms with Gasteiger partial charge in [0.05, 0.1) is 17.9 Å². The highest BCUT2D eigenvalue weighted by Crippen LogP contribution is 2.48. The summed E-state index contributed by atoms with van der Waals surface area (Å²) in [5.41, 5.74) is 0. The molecule has 2 aliphatic carbocycles. The van der Waals surface area contributed by atoms with Gasteiger partial charge in [-0.05, 0) is 31.1 Å². The fraction of sp³-hybridized carbons (Fsp3) is 0.714. The zero-order valence-corrected chi connectivity index (χ0v) is 10.7. The van der Waals surface area contributed by atoms with Crippen LogP contribution in [0, 0.1) is 23.7 Å². The Bertz CT molecular complexity index is 410. The van der Waals surface area contributed by atoms with Gasteiger partial charge >= 0.3 is 11.9 Å². The summed E-state index contributed by atoms with van der Waals surface area (Å²) < 4.78 is 10.7. The standard InChI is InChI=1S/C14H18O5/c15-13(16)11-8-3-4-9(6-8)12(11)14(17)19-7-10-2-1-5-18-10/h3-4,8-12H,1-2,5-7H2,(H,15,16)/t8-,9-,10-,11-,12-/m0/s1.